The second-order valence-electron chi connectivity index (χ2n) is 10.6. The molecular weight excluding hydrogens is 506 g/mol. The Kier molecular flexibility index (Phi) is 9.01. The molecule has 212 valence electrons. The molecule has 9 nitrogen and oxygen atoms in total. The Morgan fingerprint density at radius 3 is 2.58 bits per heavy atom. The summed E-state index contributed by atoms with van der Waals surface area (Å²) >= 11 is 0. The number of para-hydroxylation sites is 1. The predicted octanol–water partition coefficient (Wildman–Crippen LogP) is 4.17. The molecule has 3 N–H and O–H groups in total. The summed E-state index contributed by atoms with van der Waals surface area (Å²) < 4.78 is 11.4. The van der Waals surface area contributed by atoms with Crippen LogP contribution in [0.15, 0.2) is 54.7 Å². The Hall–Kier alpha value is -3.85. The summed E-state index contributed by atoms with van der Waals surface area (Å²) in [5, 5.41) is 13.6. The van der Waals surface area contributed by atoms with E-state index in [0.717, 1.165) is 74.3 Å². The molecule has 1 fully saturated rings. The number of hydrogen-bond donors (Lipinski definition) is 3. The molecular formula is C31H39N5O4. The SMILES string of the molecule is CCOc1ccc(-c2[nH]ncc2CN2CCC3(CCCCNC(=O)c4ccccc4OCCNC3=O)CC2)cc1. The molecule has 1 aromatic heterocycles. The van der Waals surface area contributed by atoms with Gasteiger partial charge in [-0.2, -0.15) is 5.10 Å². The number of benzene rings is 2. The lowest BCUT2D eigenvalue weighted by Gasteiger charge is -2.41. The zero-order valence-electron chi connectivity index (χ0n) is 23.2. The van der Waals surface area contributed by atoms with Gasteiger partial charge in [0.1, 0.15) is 18.1 Å². The topological polar surface area (TPSA) is 109 Å². The van der Waals surface area contributed by atoms with Gasteiger partial charge in [-0.3, -0.25) is 19.6 Å². The number of H-pyrrole nitrogens is 1. The highest BCUT2D eigenvalue weighted by molar-refractivity contribution is 5.96. The largest absolute Gasteiger partial charge is 0.494 e. The van der Waals surface area contributed by atoms with Gasteiger partial charge in [-0.1, -0.05) is 18.6 Å². The van der Waals surface area contributed by atoms with Crippen LogP contribution < -0.4 is 20.1 Å². The van der Waals surface area contributed by atoms with Crippen molar-refractivity contribution in [2.24, 2.45) is 5.41 Å². The molecule has 5 rings (SSSR count). The fourth-order valence-electron chi connectivity index (χ4n) is 5.71. The van der Waals surface area contributed by atoms with Gasteiger partial charge in [0, 0.05) is 24.2 Å². The Bertz CT molecular complexity index is 1280. The number of nitrogens with one attached hydrogen (secondary N) is 3. The fourth-order valence-corrected chi connectivity index (χ4v) is 5.71. The van der Waals surface area contributed by atoms with Crippen molar-refractivity contribution in [2.45, 2.75) is 45.6 Å². The second-order valence-corrected chi connectivity index (χ2v) is 10.6. The zero-order valence-corrected chi connectivity index (χ0v) is 23.2. The molecule has 1 saturated heterocycles. The standard InChI is InChI=1S/C31H39N5O4/c1-2-39-25-11-9-23(10-12-25)28-24(21-34-35-28)22-36-18-14-31(15-19-36)13-5-6-16-32-29(37)26-7-3-4-8-27(26)40-20-17-33-30(31)38/h3-4,7-12,21H,2,5-6,13-20,22H2,1H3,(H,32,37)(H,33,38)(H,34,35). The van der Waals surface area contributed by atoms with E-state index < -0.39 is 5.41 Å². The number of carbonyl (C=O) groups is 2. The van der Waals surface area contributed by atoms with E-state index in [1.807, 2.05) is 37.4 Å². The summed E-state index contributed by atoms with van der Waals surface area (Å²) in [6.07, 6.45) is 6.01. The van der Waals surface area contributed by atoms with Crippen molar-refractivity contribution in [3.8, 4) is 22.8 Å². The first-order valence-corrected chi connectivity index (χ1v) is 14.3. The highest BCUT2D eigenvalue weighted by Gasteiger charge is 2.40. The maximum Gasteiger partial charge on any atom is 0.255 e. The molecule has 2 aliphatic heterocycles. The van der Waals surface area contributed by atoms with Crippen molar-refractivity contribution in [2.75, 3.05) is 39.4 Å². The number of aromatic amines is 1. The number of amides is 2. The number of nitrogens with zero attached hydrogens (tertiary/aromatic N) is 2. The lowest BCUT2D eigenvalue weighted by atomic mass is 9.73. The molecule has 9 heteroatoms. The quantitative estimate of drug-likeness (QED) is 0.444. The van der Waals surface area contributed by atoms with E-state index in [9.17, 15) is 9.59 Å². The van der Waals surface area contributed by atoms with Crippen molar-refractivity contribution in [1.29, 1.82) is 0 Å². The van der Waals surface area contributed by atoms with Gasteiger partial charge in [0.15, 0.2) is 0 Å². The van der Waals surface area contributed by atoms with E-state index in [1.165, 1.54) is 0 Å². The summed E-state index contributed by atoms with van der Waals surface area (Å²) in [6.45, 7) is 6.35. The first-order valence-electron chi connectivity index (χ1n) is 14.3. The molecule has 3 aromatic rings. The van der Waals surface area contributed by atoms with Crippen LogP contribution in [0.3, 0.4) is 0 Å². The van der Waals surface area contributed by atoms with E-state index in [1.54, 1.807) is 12.1 Å². The maximum atomic E-state index is 13.5. The fraction of sp³-hybridized carbons (Fsp3) is 0.452. The van der Waals surface area contributed by atoms with Gasteiger partial charge < -0.3 is 20.1 Å². The van der Waals surface area contributed by atoms with Gasteiger partial charge in [-0.25, -0.2) is 0 Å². The van der Waals surface area contributed by atoms with Crippen LogP contribution in [0.25, 0.3) is 11.3 Å². The van der Waals surface area contributed by atoms with Gasteiger partial charge in [0.2, 0.25) is 5.91 Å². The highest BCUT2D eigenvalue weighted by Crippen LogP contribution is 2.38. The number of aromatic nitrogens is 2. The smallest absolute Gasteiger partial charge is 0.255 e. The molecule has 0 unspecified atom stereocenters. The van der Waals surface area contributed by atoms with Crippen molar-refractivity contribution in [3.63, 3.8) is 0 Å². The van der Waals surface area contributed by atoms with Crippen molar-refractivity contribution in [3.05, 3.63) is 65.9 Å². The molecule has 2 aliphatic rings. The number of fused-ring (bicyclic) bond motifs is 1. The Morgan fingerprint density at radius 2 is 1.77 bits per heavy atom. The van der Waals surface area contributed by atoms with Gasteiger partial charge >= 0.3 is 0 Å². The summed E-state index contributed by atoms with van der Waals surface area (Å²) in [5.74, 6) is 1.39. The van der Waals surface area contributed by atoms with Gasteiger partial charge in [0.25, 0.3) is 5.91 Å². The lowest BCUT2D eigenvalue weighted by molar-refractivity contribution is -0.134. The molecule has 1 spiro atoms. The highest BCUT2D eigenvalue weighted by atomic mass is 16.5. The van der Waals surface area contributed by atoms with Crippen molar-refractivity contribution in [1.82, 2.24) is 25.7 Å². The third-order valence-electron chi connectivity index (χ3n) is 8.01. The average Bonchev–Trinajstić information content (AvgIpc) is 3.44. The van der Waals surface area contributed by atoms with E-state index in [2.05, 4.69) is 37.9 Å². The second kappa shape index (κ2) is 13.0. The molecule has 2 aromatic carbocycles. The van der Waals surface area contributed by atoms with E-state index in [4.69, 9.17) is 9.47 Å². The normalized spacial score (nSPS) is 18.6. The van der Waals surface area contributed by atoms with Crippen LogP contribution in [0.1, 0.15) is 54.9 Å². The Labute approximate surface area is 235 Å². The molecule has 0 saturated carbocycles. The first-order chi connectivity index (χ1) is 19.6. The summed E-state index contributed by atoms with van der Waals surface area (Å²) in [7, 11) is 0. The molecule has 2 amide bonds. The third kappa shape index (κ3) is 6.47. The number of likely N-dealkylation sites (tertiary alicyclic amines) is 1. The third-order valence-corrected chi connectivity index (χ3v) is 8.01. The monoisotopic (exact) mass is 545 g/mol. The van der Waals surface area contributed by atoms with Crippen LogP contribution in [0.4, 0.5) is 0 Å². The summed E-state index contributed by atoms with van der Waals surface area (Å²) in [5.41, 5.74) is 3.35. The predicted molar refractivity (Wildman–Crippen MR) is 153 cm³/mol. The molecule has 0 bridgehead atoms. The van der Waals surface area contributed by atoms with E-state index in [0.29, 0.717) is 37.6 Å². The van der Waals surface area contributed by atoms with Crippen LogP contribution >= 0.6 is 0 Å². The molecule has 40 heavy (non-hydrogen) atoms. The number of ether oxygens (including phenoxy) is 2. The minimum absolute atomic E-state index is 0.114. The zero-order chi connectivity index (χ0) is 27.8. The number of rotatable bonds is 5. The van der Waals surface area contributed by atoms with Crippen LogP contribution in [0, 0.1) is 5.41 Å². The van der Waals surface area contributed by atoms with Gasteiger partial charge in [-0.05, 0) is 82.1 Å². The maximum absolute atomic E-state index is 13.5. The van der Waals surface area contributed by atoms with Gasteiger partial charge in [-0.15, -0.1) is 0 Å². The average molecular weight is 546 g/mol. The van der Waals surface area contributed by atoms with Crippen molar-refractivity contribution >= 4 is 11.8 Å². The van der Waals surface area contributed by atoms with Crippen LogP contribution in [-0.4, -0.2) is 66.3 Å². The van der Waals surface area contributed by atoms with Crippen molar-refractivity contribution < 1.29 is 19.1 Å². The molecule has 0 aliphatic carbocycles. The van der Waals surface area contributed by atoms with Crippen LogP contribution in [0.5, 0.6) is 11.5 Å². The van der Waals surface area contributed by atoms with Crippen LogP contribution in [0.2, 0.25) is 0 Å². The Balaban J connectivity index is 1.21. The lowest BCUT2D eigenvalue weighted by Crippen LogP contribution is -2.49. The summed E-state index contributed by atoms with van der Waals surface area (Å²) in [4.78, 5) is 28.6. The number of hydrogen-bond acceptors (Lipinski definition) is 6. The minimum atomic E-state index is -0.406. The van der Waals surface area contributed by atoms with E-state index >= 15 is 0 Å². The number of carbonyl (C=O) groups excluding carboxylic acids is 2. The first kappa shape index (κ1) is 27.7. The summed E-state index contributed by atoms with van der Waals surface area (Å²) in [6, 6.07) is 15.3. The number of piperidine rings is 1. The van der Waals surface area contributed by atoms with E-state index in [-0.39, 0.29) is 11.8 Å². The molecule has 0 atom stereocenters. The minimum Gasteiger partial charge on any atom is -0.494 e. The van der Waals surface area contributed by atoms with Gasteiger partial charge in [0.05, 0.1) is 36.0 Å². The van der Waals surface area contributed by atoms with Crippen LogP contribution in [-0.2, 0) is 11.3 Å². The molecule has 0 radical (unpaired) electrons. The molecule has 3 heterocycles. The Morgan fingerprint density at radius 1 is 0.975 bits per heavy atom.